The van der Waals surface area contributed by atoms with Crippen LogP contribution in [0.15, 0.2) is 88.6 Å². The Labute approximate surface area is 196 Å². The molecule has 3 heterocycles. The number of carbonyl (C=O) groups excluding carboxylic acids is 1. The van der Waals surface area contributed by atoms with Gasteiger partial charge in [-0.3, -0.25) is 9.36 Å². The van der Waals surface area contributed by atoms with Crippen LogP contribution < -0.4 is 0 Å². The second-order valence-corrected chi connectivity index (χ2v) is 8.77. The summed E-state index contributed by atoms with van der Waals surface area (Å²) in [7, 11) is 0. The molecule has 0 saturated carbocycles. The molecular weight excluding hydrogens is 436 g/mol. The predicted octanol–water partition coefficient (Wildman–Crippen LogP) is 4.28. The minimum atomic E-state index is -0.438. The molecule has 1 aliphatic rings. The molecule has 0 aliphatic carbocycles. The quantitative estimate of drug-likeness (QED) is 0.383. The smallest absolute Gasteiger partial charge is 0.240 e. The Morgan fingerprint density at radius 1 is 0.939 bits per heavy atom. The number of rotatable bonds is 7. The van der Waals surface area contributed by atoms with Crippen molar-refractivity contribution in [1.82, 2.24) is 19.7 Å². The van der Waals surface area contributed by atoms with Crippen molar-refractivity contribution in [2.45, 2.75) is 17.0 Å². The lowest BCUT2D eigenvalue weighted by atomic mass is 10.1. The van der Waals surface area contributed by atoms with E-state index in [1.165, 1.54) is 11.8 Å². The number of ether oxygens (including phenoxy) is 1. The van der Waals surface area contributed by atoms with E-state index in [4.69, 9.17) is 9.15 Å². The predicted molar refractivity (Wildman–Crippen MR) is 126 cm³/mol. The molecule has 4 aromatic rings. The van der Waals surface area contributed by atoms with Crippen molar-refractivity contribution in [3.8, 4) is 11.6 Å². The Balaban J connectivity index is 1.51. The maximum absolute atomic E-state index is 13.6. The maximum Gasteiger partial charge on any atom is 0.240 e. The fourth-order valence-electron chi connectivity index (χ4n) is 3.82. The van der Waals surface area contributed by atoms with Crippen molar-refractivity contribution in [3.63, 3.8) is 0 Å². The zero-order valence-electron chi connectivity index (χ0n) is 18.0. The van der Waals surface area contributed by atoms with Crippen LogP contribution in [-0.2, 0) is 16.1 Å². The summed E-state index contributed by atoms with van der Waals surface area (Å²) in [6.07, 6.45) is 1.62. The van der Waals surface area contributed by atoms with Gasteiger partial charge in [0.15, 0.2) is 10.9 Å². The van der Waals surface area contributed by atoms with Crippen molar-refractivity contribution in [1.29, 1.82) is 0 Å². The van der Waals surface area contributed by atoms with Gasteiger partial charge in [-0.15, -0.1) is 10.2 Å². The second kappa shape index (κ2) is 10.1. The minimum Gasteiger partial charge on any atom is -0.461 e. The SMILES string of the molecule is O=C(C(Sc1nnc(-c2ccco2)n1Cc1ccccc1)c1ccccc1)N1CCOCC1. The van der Waals surface area contributed by atoms with Crippen molar-refractivity contribution in [3.05, 3.63) is 90.2 Å². The highest BCUT2D eigenvalue weighted by atomic mass is 32.2. The first kappa shape index (κ1) is 21.5. The zero-order chi connectivity index (χ0) is 22.5. The van der Waals surface area contributed by atoms with E-state index in [2.05, 4.69) is 22.3 Å². The van der Waals surface area contributed by atoms with Gasteiger partial charge < -0.3 is 14.1 Å². The van der Waals surface area contributed by atoms with E-state index in [1.54, 1.807) is 6.26 Å². The normalized spacial score (nSPS) is 14.8. The number of aromatic nitrogens is 3. The fraction of sp³-hybridized carbons (Fsp3) is 0.240. The summed E-state index contributed by atoms with van der Waals surface area (Å²) in [6.45, 7) is 2.88. The first-order valence-electron chi connectivity index (χ1n) is 10.9. The monoisotopic (exact) mass is 460 g/mol. The molecule has 2 aromatic carbocycles. The summed E-state index contributed by atoms with van der Waals surface area (Å²) < 4.78 is 13.1. The Kier molecular flexibility index (Phi) is 6.55. The Morgan fingerprint density at radius 3 is 2.36 bits per heavy atom. The van der Waals surface area contributed by atoms with Gasteiger partial charge in [0.05, 0.1) is 26.0 Å². The molecule has 33 heavy (non-hydrogen) atoms. The third-order valence-corrected chi connectivity index (χ3v) is 6.74. The van der Waals surface area contributed by atoms with Gasteiger partial charge in [-0.05, 0) is 23.3 Å². The number of carbonyl (C=O) groups is 1. The van der Waals surface area contributed by atoms with Gasteiger partial charge in [0.1, 0.15) is 5.25 Å². The molecule has 8 heteroatoms. The highest BCUT2D eigenvalue weighted by molar-refractivity contribution is 8.00. The van der Waals surface area contributed by atoms with Crippen LogP contribution in [0, 0.1) is 0 Å². The van der Waals surface area contributed by atoms with Crippen LogP contribution in [0.25, 0.3) is 11.6 Å². The number of amides is 1. The van der Waals surface area contributed by atoms with E-state index in [0.29, 0.717) is 49.6 Å². The van der Waals surface area contributed by atoms with Gasteiger partial charge in [0, 0.05) is 13.1 Å². The third kappa shape index (κ3) is 4.86. The second-order valence-electron chi connectivity index (χ2n) is 7.70. The highest BCUT2D eigenvalue weighted by Gasteiger charge is 2.30. The molecule has 0 spiro atoms. The van der Waals surface area contributed by atoms with E-state index < -0.39 is 5.25 Å². The molecule has 1 atom stereocenters. The van der Waals surface area contributed by atoms with Crippen LogP contribution in [0.2, 0.25) is 0 Å². The fourth-order valence-corrected chi connectivity index (χ4v) is 4.94. The number of hydrogen-bond acceptors (Lipinski definition) is 6. The molecule has 2 aromatic heterocycles. The largest absolute Gasteiger partial charge is 0.461 e. The molecule has 1 aliphatic heterocycles. The van der Waals surface area contributed by atoms with E-state index in [-0.39, 0.29) is 5.91 Å². The van der Waals surface area contributed by atoms with Gasteiger partial charge in [0.2, 0.25) is 11.7 Å². The van der Waals surface area contributed by atoms with Gasteiger partial charge in [-0.2, -0.15) is 0 Å². The minimum absolute atomic E-state index is 0.0586. The van der Waals surface area contributed by atoms with Crippen LogP contribution in [0.5, 0.6) is 0 Å². The highest BCUT2D eigenvalue weighted by Crippen LogP contribution is 2.37. The molecule has 0 bridgehead atoms. The van der Waals surface area contributed by atoms with Gasteiger partial charge >= 0.3 is 0 Å². The summed E-state index contributed by atoms with van der Waals surface area (Å²) in [5.74, 6) is 1.33. The molecule has 7 nitrogen and oxygen atoms in total. The van der Waals surface area contributed by atoms with Crippen molar-refractivity contribution in [2.75, 3.05) is 26.3 Å². The lowest BCUT2D eigenvalue weighted by molar-refractivity contribution is -0.134. The van der Waals surface area contributed by atoms with Gasteiger partial charge in [-0.1, -0.05) is 72.4 Å². The molecular formula is C25H24N4O3S. The standard InChI is InChI=1S/C25H24N4O3S/c30-24(28-13-16-31-17-14-28)22(20-10-5-2-6-11-20)33-25-27-26-23(21-12-7-15-32-21)29(25)18-19-8-3-1-4-9-19/h1-12,15,22H,13-14,16-18H2. The molecule has 1 saturated heterocycles. The summed E-state index contributed by atoms with van der Waals surface area (Å²) in [4.78, 5) is 15.5. The van der Waals surface area contributed by atoms with Crippen LogP contribution in [0.4, 0.5) is 0 Å². The molecule has 168 valence electrons. The summed E-state index contributed by atoms with van der Waals surface area (Å²) in [5.41, 5.74) is 2.05. The van der Waals surface area contributed by atoms with E-state index >= 15 is 0 Å². The average Bonchev–Trinajstić information content (AvgIpc) is 3.54. The van der Waals surface area contributed by atoms with Crippen molar-refractivity contribution < 1.29 is 13.9 Å². The number of morpholine rings is 1. The molecule has 1 amide bonds. The summed E-state index contributed by atoms with van der Waals surface area (Å²) >= 11 is 1.42. The molecule has 0 radical (unpaired) electrons. The maximum atomic E-state index is 13.6. The van der Waals surface area contributed by atoms with E-state index in [0.717, 1.165) is 11.1 Å². The molecule has 0 N–H and O–H groups in total. The van der Waals surface area contributed by atoms with Gasteiger partial charge in [0.25, 0.3) is 0 Å². The van der Waals surface area contributed by atoms with E-state index in [9.17, 15) is 4.79 Å². The lowest BCUT2D eigenvalue weighted by Crippen LogP contribution is -2.42. The molecule has 1 fully saturated rings. The van der Waals surface area contributed by atoms with Crippen LogP contribution >= 0.6 is 11.8 Å². The first-order chi connectivity index (χ1) is 16.3. The zero-order valence-corrected chi connectivity index (χ0v) is 18.9. The average molecular weight is 461 g/mol. The van der Waals surface area contributed by atoms with E-state index in [1.807, 2.05) is 70.1 Å². The Hall–Kier alpha value is -3.36. The number of hydrogen-bond donors (Lipinski definition) is 0. The third-order valence-electron chi connectivity index (χ3n) is 5.51. The lowest BCUT2D eigenvalue weighted by Gasteiger charge is -2.30. The Bertz CT molecular complexity index is 1170. The number of thioether (sulfide) groups is 1. The molecule has 1 unspecified atom stereocenters. The number of benzene rings is 2. The molecule has 5 rings (SSSR count). The summed E-state index contributed by atoms with van der Waals surface area (Å²) in [6, 6.07) is 23.7. The number of furan rings is 1. The summed E-state index contributed by atoms with van der Waals surface area (Å²) in [5, 5.41) is 9.14. The Morgan fingerprint density at radius 2 is 1.67 bits per heavy atom. The van der Waals surface area contributed by atoms with Crippen LogP contribution in [0.3, 0.4) is 0 Å². The van der Waals surface area contributed by atoms with Crippen LogP contribution in [-0.4, -0.2) is 51.9 Å². The topological polar surface area (TPSA) is 73.4 Å². The first-order valence-corrected chi connectivity index (χ1v) is 11.8. The van der Waals surface area contributed by atoms with Crippen LogP contribution in [0.1, 0.15) is 16.4 Å². The number of nitrogens with zero attached hydrogens (tertiary/aromatic N) is 4. The van der Waals surface area contributed by atoms with Gasteiger partial charge in [-0.25, -0.2) is 0 Å². The van der Waals surface area contributed by atoms with Crippen molar-refractivity contribution in [2.24, 2.45) is 0 Å². The van der Waals surface area contributed by atoms with Crippen molar-refractivity contribution >= 4 is 17.7 Å².